The van der Waals surface area contributed by atoms with Gasteiger partial charge in [0.2, 0.25) is 0 Å². The molecule has 3 nitrogen and oxygen atoms in total. The van der Waals surface area contributed by atoms with Crippen molar-refractivity contribution in [3.05, 3.63) is 35.6 Å². The van der Waals surface area contributed by atoms with Gasteiger partial charge in [-0.05, 0) is 38.2 Å². The second kappa shape index (κ2) is 6.65. The molecule has 1 aromatic rings. The first-order chi connectivity index (χ1) is 10.7. The minimum atomic E-state index is -0.220. The zero-order chi connectivity index (χ0) is 15.5. The largest absolute Gasteiger partial charge is 0.381 e. The van der Waals surface area contributed by atoms with Gasteiger partial charge in [-0.1, -0.05) is 25.1 Å². The van der Waals surface area contributed by atoms with Crippen LogP contribution in [-0.4, -0.2) is 31.0 Å². The summed E-state index contributed by atoms with van der Waals surface area (Å²) in [5.41, 5.74) is 0.366. The van der Waals surface area contributed by atoms with Gasteiger partial charge in [-0.15, -0.1) is 0 Å². The molecule has 0 aliphatic carbocycles. The molecule has 1 atom stereocenters. The minimum Gasteiger partial charge on any atom is -0.381 e. The van der Waals surface area contributed by atoms with Gasteiger partial charge in [0.1, 0.15) is 5.82 Å². The molecule has 0 bridgehead atoms. The van der Waals surface area contributed by atoms with Crippen molar-refractivity contribution in [2.24, 2.45) is 0 Å². The van der Waals surface area contributed by atoms with E-state index in [2.05, 4.69) is 6.92 Å². The molecule has 3 rings (SSSR count). The molecule has 2 fully saturated rings. The quantitative estimate of drug-likeness (QED) is 0.827. The van der Waals surface area contributed by atoms with E-state index in [1.165, 1.54) is 6.07 Å². The van der Waals surface area contributed by atoms with Crippen LogP contribution < -0.4 is 0 Å². The highest BCUT2D eigenvalue weighted by Crippen LogP contribution is 2.45. The van der Waals surface area contributed by atoms with E-state index < -0.39 is 0 Å². The molecular weight excluding hydrogens is 283 g/mol. The lowest BCUT2D eigenvalue weighted by molar-refractivity contribution is -0.167. The third kappa shape index (κ3) is 3.34. The van der Waals surface area contributed by atoms with Crippen LogP contribution in [0, 0.1) is 5.82 Å². The standard InChI is InChI=1S/C18H25FO3/c1-2-17(7-8-18(22-17)9-11-20-12-10-18)14-21-13-15-5-3-4-6-16(15)19/h3-6H,2,7-14H2,1H3. The summed E-state index contributed by atoms with van der Waals surface area (Å²) >= 11 is 0. The van der Waals surface area contributed by atoms with Crippen molar-refractivity contribution in [3.63, 3.8) is 0 Å². The van der Waals surface area contributed by atoms with Crippen LogP contribution in [0.1, 0.15) is 44.6 Å². The zero-order valence-electron chi connectivity index (χ0n) is 13.3. The van der Waals surface area contributed by atoms with E-state index in [0.29, 0.717) is 18.8 Å². The lowest BCUT2D eigenvalue weighted by Gasteiger charge is -2.37. The molecule has 122 valence electrons. The third-order valence-corrected chi connectivity index (χ3v) is 5.10. The molecule has 0 N–H and O–H groups in total. The zero-order valence-corrected chi connectivity index (χ0v) is 13.3. The molecule has 0 aromatic heterocycles. The van der Waals surface area contributed by atoms with Crippen LogP contribution in [0.25, 0.3) is 0 Å². The minimum absolute atomic E-state index is 0.0182. The highest BCUT2D eigenvalue weighted by atomic mass is 19.1. The summed E-state index contributed by atoms with van der Waals surface area (Å²) in [5.74, 6) is -0.207. The van der Waals surface area contributed by atoms with E-state index in [4.69, 9.17) is 14.2 Å². The van der Waals surface area contributed by atoms with Crippen LogP contribution in [0.2, 0.25) is 0 Å². The van der Waals surface area contributed by atoms with Crippen molar-refractivity contribution in [1.29, 1.82) is 0 Å². The fourth-order valence-electron chi connectivity index (χ4n) is 3.53. The second-order valence-corrected chi connectivity index (χ2v) is 6.52. The number of ether oxygens (including phenoxy) is 3. The Labute approximate surface area is 131 Å². The molecule has 0 radical (unpaired) electrons. The normalized spacial score (nSPS) is 27.4. The smallest absolute Gasteiger partial charge is 0.128 e. The van der Waals surface area contributed by atoms with Crippen LogP contribution in [0.15, 0.2) is 24.3 Å². The first-order valence-electron chi connectivity index (χ1n) is 8.26. The molecule has 1 spiro atoms. The van der Waals surface area contributed by atoms with E-state index in [1.807, 2.05) is 6.07 Å². The maximum absolute atomic E-state index is 13.6. The highest BCUT2D eigenvalue weighted by Gasteiger charge is 2.48. The maximum atomic E-state index is 13.6. The van der Waals surface area contributed by atoms with Gasteiger partial charge < -0.3 is 14.2 Å². The Kier molecular flexibility index (Phi) is 4.81. The van der Waals surface area contributed by atoms with Gasteiger partial charge in [0.15, 0.2) is 0 Å². The lowest BCUT2D eigenvalue weighted by atomic mass is 9.89. The highest BCUT2D eigenvalue weighted by molar-refractivity contribution is 5.16. The van der Waals surface area contributed by atoms with Crippen LogP contribution in [0.4, 0.5) is 4.39 Å². The number of hydrogen-bond donors (Lipinski definition) is 0. The second-order valence-electron chi connectivity index (χ2n) is 6.52. The Hall–Kier alpha value is -0.970. The Balaban J connectivity index is 1.57. The van der Waals surface area contributed by atoms with Crippen molar-refractivity contribution in [2.45, 2.75) is 56.8 Å². The van der Waals surface area contributed by atoms with Crippen LogP contribution in [-0.2, 0) is 20.8 Å². The monoisotopic (exact) mass is 308 g/mol. The Morgan fingerprint density at radius 2 is 1.91 bits per heavy atom. The van der Waals surface area contributed by atoms with Crippen molar-refractivity contribution < 1.29 is 18.6 Å². The van der Waals surface area contributed by atoms with E-state index in [1.54, 1.807) is 12.1 Å². The summed E-state index contributed by atoms with van der Waals surface area (Å²) in [6.45, 7) is 4.55. The van der Waals surface area contributed by atoms with Crippen LogP contribution in [0.3, 0.4) is 0 Å². The summed E-state index contributed by atoms with van der Waals surface area (Å²) < 4.78 is 31.4. The molecule has 2 saturated heterocycles. The van der Waals surface area contributed by atoms with Crippen molar-refractivity contribution in [3.8, 4) is 0 Å². The Morgan fingerprint density at radius 1 is 1.14 bits per heavy atom. The van der Waals surface area contributed by atoms with Crippen molar-refractivity contribution in [1.82, 2.24) is 0 Å². The predicted octanol–water partition coefficient (Wildman–Crippen LogP) is 3.85. The first-order valence-corrected chi connectivity index (χ1v) is 8.26. The molecule has 0 saturated carbocycles. The molecule has 1 aromatic carbocycles. The average molecular weight is 308 g/mol. The molecular formula is C18H25FO3. The van der Waals surface area contributed by atoms with Crippen molar-refractivity contribution >= 4 is 0 Å². The maximum Gasteiger partial charge on any atom is 0.128 e. The van der Waals surface area contributed by atoms with Gasteiger partial charge >= 0.3 is 0 Å². The molecule has 2 aliphatic heterocycles. The van der Waals surface area contributed by atoms with Crippen LogP contribution >= 0.6 is 0 Å². The molecule has 22 heavy (non-hydrogen) atoms. The van der Waals surface area contributed by atoms with Crippen molar-refractivity contribution in [2.75, 3.05) is 19.8 Å². The SMILES string of the molecule is CCC1(COCc2ccccc2F)CCC2(CCOCC2)O1. The first kappa shape index (κ1) is 15.9. The number of rotatable bonds is 5. The van der Waals surface area contributed by atoms with E-state index in [9.17, 15) is 4.39 Å². The molecule has 2 heterocycles. The van der Waals surface area contributed by atoms with Gasteiger partial charge in [0.05, 0.1) is 24.4 Å². The number of halogens is 1. The summed E-state index contributed by atoms with van der Waals surface area (Å²) in [7, 11) is 0. The Bertz CT molecular complexity index is 499. The number of benzene rings is 1. The van der Waals surface area contributed by atoms with Gasteiger partial charge in [-0.25, -0.2) is 4.39 Å². The summed E-state index contributed by atoms with van der Waals surface area (Å²) in [6.07, 6.45) is 4.96. The van der Waals surface area contributed by atoms with Crippen LogP contribution in [0.5, 0.6) is 0 Å². The average Bonchev–Trinajstić information content (AvgIpc) is 2.89. The fraction of sp³-hybridized carbons (Fsp3) is 0.667. The molecule has 2 aliphatic rings. The summed E-state index contributed by atoms with van der Waals surface area (Å²) in [5, 5.41) is 0. The van der Waals surface area contributed by atoms with Gasteiger partial charge in [0.25, 0.3) is 0 Å². The van der Waals surface area contributed by atoms with Gasteiger partial charge in [-0.3, -0.25) is 0 Å². The summed E-state index contributed by atoms with van der Waals surface area (Å²) in [6, 6.07) is 6.77. The fourth-order valence-corrected chi connectivity index (χ4v) is 3.53. The van der Waals surface area contributed by atoms with E-state index in [0.717, 1.165) is 45.3 Å². The van der Waals surface area contributed by atoms with E-state index in [-0.39, 0.29) is 17.0 Å². The third-order valence-electron chi connectivity index (χ3n) is 5.10. The molecule has 4 heteroatoms. The van der Waals surface area contributed by atoms with E-state index >= 15 is 0 Å². The lowest BCUT2D eigenvalue weighted by Crippen LogP contribution is -2.42. The predicted molar refractivity (Wildman–Crippen MR) is 82.2 cm³/mol. The topological polar surface area (TPSA) is 27.7 Å². The number of hydrogen-bond acceptors (Lipinski definition) is 3. The van der Waals surface area contributed by atoms with Gasteiger partial charge in [-0.2, -0.15) is 0 Å². The Morgan fingerprint density at radius 3 is 2.64 bits per heavy atom. The molecule has 1 unspecified atom stereocenters. The summed E-state index contributed by atoms with van der Waals surface area (Å²) in [4.78, 5) is 0. The molecule has 0 amide bonds. The van der Waals surface area contributed by atoms with Gasteiger partial charge in [0, 0.05) is 18.8 Å².